The molecule has 0 aromatic heterocycles. The Labute approximate surface area is 380 Å². The van der Waals surface area contributed by atoms with Gasteiger partial charge < -0.3 is 19.7 Å². The number of azo groups is 3. The number of ether oxygens (including phenoxy) is 1. The topological polar surface area (TPSA) is 282 Å². The number of hydrogen-bond acceptors (Lipinski definition) is 16. The molecule has 0 aliphatic heterocycles. The first-order valence-corrected chi connectivity index (χ1v) is 20.4. The summed E-state index contributed by atoms with van der Waals surface area (Å²) in [5.74, 6) is -0.366. The van der Waals surface area contributed by atoms with Crippen LogP contribution in [0.4, 0.5) is 45.5 Å². The van der Waals surface area contributed by atoms with Gasteiger partial charge in [0.15, 0.2) is 5.75 Å². The fourth-order valence-corrected chi connectivity index (χ4v) is 6.96. The van der Waals surface area contributed by atoms with Gasteiger partial charge in [-0.15, -0.1) is 10.2 Å². The summed E-state index contributed by atoms with van der Waals surface area (Å²) in [7, 11) is -12.6. The first kappa shape index (κ1) is 49.7. The number of hydrogen-bond donors (Lipinski definition) is 4. The second-order valence-corrected chi connectivity index (χ2v) is 16.2. The van der Waals surface area contributed by atoms with Gasteiger partial charge in [0.25, 0.3) is 20.2 Å². The molecule has 18 nitrogen and oxygen atoms in total. The molecule has 0 aliphatic carbocycles. The van der Waals surface area contributed by atoms with Crippen molar-refractivity contribution in [3.05, 3.63) is 115 Å². The van der Waals surface area contributed by atoms with Crippen LogP contribution in [-0.2, 0) is 30.4 Å². The summed E-state index contributed by atoms with van der Waals surface area (Å²) in [5, 5.41) is 39.0. The van der Waals surface area contributed by atoms with Crippen molar-refractivity contribution in [1.29, 1.82) is 0 Å². The van der Waals surface area contributed by atoms with Crippen LogP contribution in [0.2, 0.25) is 0 Å². The molecule has 6 rings (SSSR count). The van der Waals surface area contributed by atoms with E-state index in [2.05, 4.69) is 36.0 Å². The van der Waals surface area contributed by atoms with Gasteiger partial charge in [0.1, 0.15) is 27.2 Å². The van der Waals surface area contributed by atoms with Crippen LogP contribution in [0.25, 0.3) is 10.8 Å². The van der Waals surface area contributed by atoms with Crippen molar-refractivity contribution < 1.29 is 105 Å². The summed E-state index contributed by atoms with van der Waals surface area (Å²) >= 11 is 0. The fraction of sp³-hybridized carbons (Fsp3) is 0.0556. The van der Waals surface area contributed by atoms with Gasteiger partial charge >= 0.3 is 56.6 Å². The number of aromatic hydroxyl groups is 1. The van der Waals surface area contributed by atoms with Gasteiger partial charge in [0.2, 0.25) is 0 Å². The molecule has 0 aliphatic rings. The summed E-state index contributed by atoms with van der Waals surface area (Å²) in [6.45, 7) is 1.70. The monoisotopic (exact) mass is 851 g/mol. The minimum Gasteiger partial charge on any atom is -0.744 e. The van der Waals surface area contributed by atoms with Crippen LogP contribution in [-0.4, -0.2) is 51.1 Å². The number of phenols is 1. The van der Waals surface area contributed by atoms with Gasteiger partial charge in [-0.25, -0.2) is 8.42 Å². The molecule has 6 aromatic rings. The van der Waals surface area contributed by atoms with E-state index in [9.17, 15) is 44.0 Å². The molecule has 0 saturated heterocycles. The largest absolute Gasteiger partial charge is 1.00 e. The Morgan fingerprint density at radius 2 is 1.15 bits per heavy atom. The standard InChI is InChI=1S/C36H29N7O11S3.3Li/c1-21-15-26(11-13-31(21)41-42-32-14-12-27(20-33(32)54-2)39-38-25-6-4-8-29(18-25)56(48,49)50)40-43-35-34(57(51,52)53)16-22-9-10-24(19-30(22)36(35)44)37-23-5-3-7-28(17-23)55(45,46)47;;;/h3-20,37,44H,1-2H3,(H,45,46,47)(H,48,49,50)(H,51,52,53);;;/q;3*+1/p-1. The predicted octanol–water partition coefficient (Wildman–Crippen LogP) is 0.262. The van der Waals surface area contributed by atoms with E-state index in [0.29, 0.717) is 34.1 Å². The van der Waals surface area contributed by atoms with Gasteiger partial charge in [-0.05, 0) is 103 Å². The maximum absolute atomic E-state index is 12.2. The second kappa shape index (κ2) is 20.2. The molecule has 0 fully saturated rings. The average Bonchev–Trinajstić information content (AvgIpc) is 3.16. The van der Waals surface area contributed by atoms with Crippen molar-refractivity contribution in [2.24, 2.45) is 30.7 Å². The summed E-state index contributed by atoms with van der Waals surface area (Å²) in [6.07, 6.45) is 0. The molecule has 292 valence electrons. The third-order valence-corrected chi connectivity index (χ3v) is 10.6. The number of aryl methyl sites for hydroxylation is 1. The molecule has 0 heterocycles. The number of rotatable bonds is 12. The first-order chi connectivity index (χ1) is 26.9. The minimum absolute atomic E-state index is 0. The van der Waals surface area contributed by atoms with Crippen LogP contribution in [0.5, 0.6) is 11.5 Å². The summed E-state index contributed by atoms with van der Waals surface area (Å²) in [5.41, 5.74) is 2.07. The van der Waals surface area contributed by atoms with E-state index < -0.39 is 46.7 Å². The molecule has 0 amide bonds. The zero-order valence-electron chi connectivity index (χ0n) is 32.4. The molecule has 24 heteroatoms. The van der Waals surface area contributed by atoms with Crippen molar-refractivity contribution in [2.45, 2.75) is 21.6 Å². The molecule has 0 radical (unpaired) electrons. The summed E-state index contributed by atoms with van der Waals surface area (Å²) < 4.78 is 107. The molecule has 60 heavy (non-hydrogen) atoms. The second-order valence-electron chi connectivity index (χ2n) is 12.0. The predicted molar refractivity (Wildman–Crippen MR) is 206 cm³/mol. The van der Waals surface area contributed by atoms with Gasteiger partial charge in [0, 0.05) is 22.8 Å². The zero-order valence-corrected chi connectivity index (χ0v) is 34.9. The molecular weight excluding hydrogens is 823 g/mol. The first-order valence-electron chi connectivity index (χ1n) is 16.1. The molecule has 6 aromatic carbocycles. The van der Waals surface area contributed by atoms with Gasteiger partial charge in [-0.2, -0.15) is 37.3 Å². The molecule has 0 unspecified atom stereocenters. The number of nitrogens with zero attached hydrogens (tertiary/aromatic N) is 6. The number of benzene rings is 6. The van der Waals surface area contributed by atoms with Crippen molar-refractivity contribution in [1.82, 2.24) is 0 Å². The van der Waals surface area contributed by atoms with E-state index in [-0.39, 0.29) is 94.2 Å². The van der Waals surface area contributed by atoms with Crippen LogP contribution in [0.1, 0.15) is 5.56 Å². The SMILES string of the molecule is COc1cc(N=Nc2cccc(S(=O)(=O)O)c2)ccc1N=Nc1ccc(N=Nc2c(S(=O)(=O)[O-])cc3ccc(Nc4cccc(S(=O)(=O)O)c4)cc3c2O)cc1C.[Li+].[Li+].[Li+]. The van der Waals surface area contributed by atoms with E-state index in [1.54, 1.807) is 31.2 Å². The zero-order chi connectivity index (χ0) is 41.1. The van der Waals surface area contributed by atoms with Crippen molar-refractivity contribution >= 4 is 86.6 Å². The molecule has 0 spiro atoms. The van der Waals surface area contributed by atoms with Crippen LogP contribution in [0, 0.1) is 6.92 Å². The maximum atomic E-state index is 12.2. The molecular formula is C36H28Li3N7O11S3+2. The quantitative estimate of drug-likeness (QED) is 0.0733. The number of phenolic OH excluding ortho intramolecular Hbond substituents is 1. The van der Waals surface area contributed by atoms with E-state index in [1.165, 1.54) is 79.9 Å². The van der Waals surface area contributed by atoms with Crippen molar-refractivity contribution in [3.8, 4) is 11.5 Å². The van der Waals surface area contributed by atoms with Gasteiger partial charge in [0.05, 0.1) is 44.5 Å². The van der Waals surface area contributed by atoms with E-state index in [1.807, 2.05) is 0 Å². The number of methoxy groups -OCH3 is 1. The summed E-state index contributed by atoms with van der Waals surface area (Å²) in [4.78, 5) is -1.49. The molecule has 0 bridgehead atoms. The third-order valence-electron chi connectivity index (χ3n) is 8.01. The summed E-state index contributed by atoms with van der Waals surface area (Å²) in [6, 6.07) is 25.3. The number of fused-ring (bicyclic) bond motifs is 1. The Balaban J connectivity index is 0.00000320. The van der Waals surface area contributed by atoms with Crippen LogP contribution in [0.3, 0.4) is 0 Å². The van der Waals surface area contributed by atoms with Gasteiger partial charge in [-0.3, -0.25) is 9.11 Å². The Kier molecular flexibility index (Phi) is 16.8. The van der Waals surface area contributed by atoms with Gasteiger partial charge in [-0.1, -0.05) is 18.2 Å². The Morgan fingerprint density at radius 1 is 0.600 bits per heavy atom. The molecule has 4 N–H and O–H groups in total. The van der Waals surface area contributed by atoms with Crippen molar-refractivity contribution in [3.63, 3.8) is 0 Å². The van der Waals surface area contributed by atoms with E-state index in [0.717, 1.165) is 12.1 Å². The third kappa shape index (κ3) is 12.2. The Hall–Kier alpha value is -4.70. The molecule has 0 atom stereocenters. The van der Waals surface area contributed by atoms with Crippen LogP contribution < -0.4 is 66.6 Å². The number of anilines is 2. The molecule has 0 saturated carbocycles. The Morgan fingerprint density at radius 3 is 1.77 bits per heavy atom. The van der Waals surface area contributed by atoms with Crippen LogP contribution in [0.15, 0.2) is 155 Å². The van der Waals surface area contributed by atoms with Crippen molar-refractivity contribution in [2.75, 3.05) is 12.4 Å². The van der Waals surface area contributed by atoms with E-state index >= 15 is 0 Å². The Bertz CT molecular complexity index is 3010. The average molecular weight is 852 g/mol. The number of nitrogens with one attached hydrogen (secondary N) is 1. The van der Waals surface area contributed by atoms with Crippen LogP contribution >= 0.6 is 0 Å². The van der Waals surface area contributed by atoms with E-state index in [4.69, 9.17) is 4.74 Å². The maximum Gasteiger partial charge on any atom is 1.00 e. The smallest absolute Gasteiger partial charge is 0.744 e. The normalized spacial score (nSPS) is 11.9. The fourth-order valence-electron chi connectivity index (χ4n) is 5.27. The minimum atomic E-state index is -5.15.